The number of aliphatic hydroxyl groups excluding tert-OH is 1. The Bertz CT molecular complexity index is 589. The number of β-amino-alcohol motifs (C(OH)–C–C–N with tert-alkyl or cyclic N) is 1. The van der Waals surface area contributed by atoms with E-state index < -0.39 is 6.10 Å². The number of hydrogen-bond donors (Lipinski definition) is 2. The van der Waals surface area contributed by atoms with Gasteiger partial charge in [-0.1, -0.05) is 29.8 Å². The van der Waals surface area contributed by atoms with Crippen molar-refractivity contribution in [2.24, 2.45) is 0 Å². The highest BCUT2D eigenvalue weighted by Crippen LogP contribution is 2.18. The molecule has 0 radical (unpaired) electrons. The van der Waals surface area contributed by atoms with E-state index in [4.69, 9.17) is 16.3 Å². The molecule has 144 valence electrons. The monoisotopic (exact) mass is 381 g/mol. The molecule has 1 aliphatic carbocycles. The molecule has 1 amide bonds. The molecule has 1 saturated carbocycles. The van der Waals surface area contributed by atoms with Crippen molar-refractivity contribution >= 4 is 17.5 Å². The molecule has 1 saturated heterocycles. The fourth-order valence-corrected chi connectivity index (χ4v) is 3.30. The summed E-state index contributed by atoms with van der Waals surface area (Å²) in [5.74, 6) is 0.133. The molecule has 2 N–H and O–H groups in total. The Balaban J connectivity index is 1.28. The van der Waals surface area contributed by atoms with Crippen molar-refractivity contribution in [1.82, 2.24) is 15.1 Å². The molecule has 1 aromatic rings. The SMILES string of the molecule is O=C(CN1CCN(C[C@@H](O)COCc2ccccc2Cl)CC1)NC1CC1. The van der Waals surface area contributed by atoms with Gasteiger partial charge in [0, 0.05) is 43.8 Å². The second-order valence-corrected chi connectivity index (χ2v) is 7.59. The lowest BCUT2D eigenvalue weighted by atomic mass is 10.2. The number of nitrogens with zero attached hydrogens (tertiary/aromatic N) is 2. The van der Waals surface area contributed by atoms with Gasteiger partial charge in [0.25, 0.3) is 0 Å². The number of rotatable bonds is 9. The van der Waals surface area contributed by atoms with Crippen molar-refractivity contribution in [1.29, 1.82) is 0 Å². The quantitative estimate of drug-likeness (QED) is 0.671. The van der Waals surface area contributed by atoms with Crippen molar-refractivity contribution < 1.29 is 14.6 Å². The van der Waals surface area contributed by atoms with Crippen molar-refractivity contribution in [2.75, 3.05) is 45.9 Å². The predicted molar refractivity (Wildman–Crippen MR) is 101 cm³/mol. The smallest absolute Gasteiger partial charge is 0.234 e. The summed E-state index contributed by atoms with van der Waals surface area (Å²) in [6.07, 6.45) is 1.72. The summed E-state index contributed by atoms with van der Waals surface area (Å²) < 4.78 is 5.60. The maximum Gasteiger partial charge on any atom is 0.234 e. The van der Waals surface area contributed by atoms with Crippen LogP contribution in [0.2, 0.25) is 5.02 Å². The van der Waals surface area contributed by atoms with Gasteiger partial charge in [0.2, 0.25) is 5.91 Å². The number of carbonyl (C=O) groups is 1. The Labute approximate surface area is 160 Å². The number of piperazine rings is 1. The van der Waals surface area contributed by atoms with E-state index in [1.165, 1.54) is 0 Å². The van der Waals surface area contributed by atoms with Crippen LogP contribution in [-0.4, -0.2) is 78.8 Å². The molecule has 3 rings (SSSR count). The number of amides is 1. The molecule has 2 fully saturated rings. The van der Waals surface area contributed by atoms with E-state index in [9.17, 15) is 9.90 Å². The number of benzene rings is 1. The van der Waals surface area contributed by atoms with Crippen molar-refractivity contribution in [2.45, 2.75) is 31.6 Å². The van der Waals surface area contributed by atoms with Gasteiger partial charge >= 0.3 is 0 Å². The third kappa shape index (κ3) is 6.52. The lowest BCUT2D eigenvalue weighted by Crippen LogP contribution is -2.51. The highest BCUT2D eigenvalue weighted by molar-refractivity contribution is 6.31. The average Bonchev–Trinajstić information content (AvgIpc) is 3.42. The number of ether oxygens (including phenoxy) is 1. The molecule has 26 heavy (non-hydrogen) atoms. The number of halogens is 1. The first kappa shape index (κ1) is 19.6. The maximum absolute atomic E-state index is 11.8. The number of carbonyl (C=O) groups excluding carboxylic acids is 1. The highest BCUT2D eigenvalue weighted by atomic mass is 35.5. The minimum atomic E-state index is -0.526. The Morgan fingerprint density at radius 1 is 1.23 bits per heavy atom. The fourth-order valence-electron chi connectivity index (χ4n) is 3.11. The van der Waals surface area contributed by atoms with Crippen LogP contribution in [0, 0.1) is 0 Å². The summed E-state index contributed by atoms with van der Waals surface area (Å²) in [5, 5.41) is 13.9. The summed E-state index contributed by atoms with van der Waals surface area (Å²) in [6, 6.07) is 7.99. The first-order chi connectivity index (χ1) is 12.6. The zero-order chi connectivity index (χ0) is 18.4. The highest BCUT2D eigenvalue weighted by Gasteiger charge is 2.25. The molecule has 0 aromatic heterocycles. The molecule has 1 aromatic carbocycles. The maximum atomic E-state index is 11.8. The van der Waals surface area contributed by atoms with E-state index in [1.807, 2.05) is 24.3 Å². The Morgan fingerprint density at radius 3 is 2.62 bits per heavy atom. The van der Waals surface area contributed by atoms with Crippen LogP contribution in [-0.2, 0) is 16.1 Å². The van der Waals surface area contributed by atoms with Gasteiger partial charge in [0.15, 0.2) is 0 Å². The average molecular weight is 382 g/mol. The fraction of sp³-hybridized carbons (Fsp3) is 0.632. The van der Waals surface area contributed by atoms with Crippen LogP contribution in [0.15, 0.2) is 24.3 Å². The molecular weight excluding hydrogens is 354 g/mol. The van der Waals surface area contributed by atoms with E-state index in [1.54, 1.807) is 0 Å². The number of hydrogen-bond acceptors (Lipinski definition) is 5. The molecule has 0 bridgehead atoms. The van der Waals surface area contributed by atoms with E-state index in [2.05, 4.69) is 15.1 Å². The van der Waals surface area contributed by atoms with Crippen LogP contribution in [0.1, 0.15) is 18.4 Å². The molecule has 2 aliphatic rings. The molecule has 1 aliphatic heterocycles. The molecule has 1 heterocycles. The topological polar surface area (TPSA) is 65.0 Å². The van der Waals surface area contributed by atoms with Crippen LogP contribution < -0.4 is 5.32 Å². The lowest BCUT2D eigenvalue weighted by Gasteiger charge is -2.35. The molecule has 7 heteroatoms. The zero-order valence-corrected chi connectivity index (χ0v) is 15.8. The van der Waals surface area contributed by atoms with Crippen molar-refractivity contribution in [3.63, 3.8) is 0 Å². The van der Waals surface area contributed by atoms with E-state index >= 15 is 0 Å². The first-order valence-corrected chi connectivity index (χ1v) is 9.71. The number of nitrogens with one attached hydrogen (secondary N) is 1. The van der Waals surface area contributed by atoms with Gasteiger partial charge < -0.3 is 15.2 Å². The van der Waals surface area contributed by atoms with Crippen LogP contribution >= 0.6 is 11.6 Å². The van der Waals surface area contributed by atoms with Crippen molar-refractivity contribution in [3.8, 4) is 0 Å². The van der Waals surface area contributed by atoms with E-state index in [0.717, 1.165) is 44.6 Å². The first-order valence-electron chi connectivity index (χ1n) is 9.33. The summed E-state index contributed by atoms with van der Waals surface area (Å²) in [7, 11) is 0. The molecule has 6 nitrogen and oxygen atoms in total. The molecule has 0 spiro atoms. The molecule has 0 unspecified atom stereocenters. The van der Waals surface area contributed by atoms with E-state index in [0.29, 0.717) is 30.8 Å². The van der Waals surface area contributed by atoms with Gasteiger partial charge in [0.05, 0.1) is 25.9 Å². The van der Waals surface area contributed by atoms with Crippen LogP contribution in [0.4, 0.5) is 0 Å². The van der Waals surface area contributed by atoms with Gasteiger partial charge in [-0.15, -0.1) is 0 Å². The zero-order valence-electron chi connectivity index (χ0n) is 15.1. The van der Waals surface area contributed by atoms with Gasteiger partial charge in [-0.05, 0) is 24.5 Å². The predicted octanol–water partition coefficient (Wildman–Crippen LogP) is 1.11. The molecule has 1 atom stereocenters. The Hall–Kier alpha value is -1.18. The number of aliphatic hydroxyl groups is 1. The minimum Gasteiger partial charge on any atom is -0.389 e. The standard InChI is InChI=1S/C19H28ClN3O3/c20-18-4-2-1-3-15(18)13-26-14-17(24)11-22-7-9-23(10-8-22)12-19(25)21-16-5-6-16/h1-4,16-17,24H,5-14H2,(H,21,25)/t17-/m1/s1. The largest absolute Gasteiger partial charge is 0.389 e. The van der Waals surface area contributed by atoms with Crippen molar-refractivity contribution in [3.05, 3.63) is 34.9 Å². The van der Waals surface area contributed by atoms with Gasteiger partial charge in [0.1, 0.15) is 0 Å². The third-order valence-electron chi connectivity index (χ3n) is 4.77. The normalized spacial score (nSPS) is 20.1. The summed E-state index contributed by atoms with van der Waals surface area (Å²) in [5.41, 5.74) is 0.930. The lowest BCUT2D eigenvalue weighted by molar-refractivity contribution is -0.122. The molecular formula is C19H28ClN3O3. The van der Waals surface area contributed by atoms with Crippen LogP contribution in [0.3, 0.4) is 0 Å². The summed E-state index contributed by atoms with van der Waals surface area (Å²) in [6.45, 7) is 5.18. The van der Waals surface area contributed by atoms with Crippen LogP contribution in [0.5, 0.6) is 0 Å². The van der Waals surface area contributed by atoms with E-state index in [-0.39, 0.29) is 12.5 Å². The van der Waals surface area contributed by atoms with Gasteiger partial charge in [-0.25, -0.2) is 0 Å². The summed E-state index contributed by atoms with van der Waals surface area (Å²) >= 11 is 6.09. The Morgan fingerprint density at radius 2 is 1.92 bits per heavy atom. The summed E-state index contributed by atoms with van der Waals surface area (Å²) in [4.78, 5) is 16.2. The third-order valence-corrected chi connectivity index (χ3v) is 5.14. The second-order valence-electron chi connectivity index (χ2n) is 7.18. The Kier molecular flexibility index (Phi) is 7.28. The van der Waals surface area contributed by atoms with Gasteiger partial charge in [-0.3, -0.25) is 14.6 Å². The second kappa shape index (κ2) is 9.67. The minimum absolute atomic E-state index is 0.133. The van der Waals surface area contributed by atoms with Crippen LogP contribution in [0.25, 0.3) is 0 Å². The van der Waals surface area contributed by atoms with Gasteiger partial charge in [-0.2, -0.15) is 0 Å².